The van der Waals surface area contributed by atoms with E-state index in [1.165, 1.54) is 6.07 Å². The smallest absolute Gasteiger partial charge is 0.131 e. The van der Waals surface area contributed by atoms with E-state index in [9.17, 15) is 4.39 Å². The average Bonchev–Trinajstić information content (AvgIpc) is 3.21. The Morgan fingerprint density at radius 1 is 1.04 bits per heavy atom. The van der Waals surface area contributed by atoms with Crippen molar-refractivity contribution in [2.75, 3.05) is 0 Å². The molecule has 0 amide bonds. The van der Waals surface area contributed by atoms with Crippen molar-refractivity contribution in [3.63, 3.8) is 0 Å². The van der Waals surface area contributed by atoms with Crippen LogP contribution in [0.3, 0.4) is 0 Å². The van der Waals surface area contributed by atoms with Crippen molar-refractivity contribution in [1.82, 2.24) is 20.0 Å². The summed E-state index contributed by atoms with van der Waals surface area (Å²) in [5.41, 5.74) is 5.20. The van der Waals surface area contributed by atoms with Gasteiger partial charge < -0.3 is 4.98 Å². The Morgan fingerprint density at radius 3 is 2.67 bits per heavy atom. The molecule has 2 aromatic carbocycles. The van der Waals surface area contributed by atoms with Gasteiger partial charge in [-0.3, -0.25) is 0 Å². The number of halogens is 1. The number of hydrogen-bond acceptors (Lipinski definition) is 2. The molecule has 0 unspecified atom stereocenters. The maximum atomic E-state index is 13.9. The van der Waals surface area contributed by atoms with Crippen LogP contribution in [0.5, 0.6) is 0 Å². The Balaban J connectivity index is 1.75. The van der Waals surface area contributed by atoms with Crippen LogP contribution in [0.15, 0.2) is 54.7 Å². The van der Waals surface area contributed by atoms with Crippen molar-refractivity contribution < 1.29 is 4.39 Å². The number of aromatic amines is 1. The van der Waals surface area contributed by atoms with Crippen molar-refractivity contribution in [1.29, 1.82) is 0 Å². The fraction of sp³-hybridized carbons (Fsp3) is 0.158. The van der Waals surface area contributed by atoms with Crippen LogP contribution in [0.4, 0.5) is 4.39 Å². The average molecular weight is 320 g/mol. The zero-order valence-corrected chi connectivity index (χ0v) is 13.5. The van der Waals surface area contributed by atoms with Gasteiger partial charge in [-0.05, 0) is 38.1 Å². The zero-order chi connectivity index (χ0) is 16.7. The number of H-pyrrole nitrogens is 1. The van der Waals surface area contributed by atoms with Crippen LogP contribution in [0.1, 0.15) is 19.9 Å². The minimum Gasteiger partial charge on any atom is -0.361 e. The van der Waals surface area contributed by atoms with E-state index in [4.69, 9.17) is 0 Å². The molecule has 120 valence electrons. The first-order valence-corrected chi connectivity index (χ1v) is 7.92. The molecule has 1 N–H and O–H groups in total. The van der Waals surface area contributed by atoms with Crippen molar-refractivity contribution in [3.05, 3.63) is 60.5 Å². The lowest BCUT2D eigenvalue weighted by atomic mass is 10.1. The molecular formula is C19H17FN4. The molecule has 0 saturated carbocycles. The first-order chi connectivity index (χ1) is 11.6. The van der Waals surface area contributed by atoms with E-state index in [1.54, 1.807) is 12.1 Å². The lowest BCUT2D eigenvalue weighted by Gasteiger charge is -2.05. The molecule has 0 spiro atoms. The molecule has 4 aromatic rings. The molecule has 0 aliphatic carbocycles. The second-order valence-corrected chi connectivity index (χ2v) is 6.11. The highest BCUT2D eigenvalue weighted by Crippen LogP contribution is 2.29. The molecule has 2 heterocycles. The van der Waals surface area contributed by atoms with Gasteiger partial charge in [0, 0.05) is 34.6 Å². The van der Waals surface area contributed by atoms with E-state index >= 15 is 0 Å². The molecule has 4 rings (SSSR count). The van der Waals surface area contributed by atoms with Gasteiger partial charge in [0.1, 0.15) is 11.3 Å². The monoisotopic (exact) mass is 320 g/mol. The largest absolute Gasteiger partial charge is 0.361 e. The molecule has 0 aliphatic heterocycles. The van der Waals surface area contributed by atoms with Gasteiger partial charge in [0.05, 0.1) is 5.52 Å². The Labute approximate surface area is 138 Å². The maximum absolute atomic E-state index is 13.9. The van der Waals surface area contributed by atoms with E-state index in [0.29, 0.717) is 5.56 Å². The molecule has 0 saturated heterocycles. The van der Waals surface area contributed by atoms with Gasteiger partial charge in [-0.15, -0.1) is 5.10 Å². The van der Waals surface area contributed by atoms with Crippen LogP contribution >= 0.6 is 0 Å². The first-order valence-electron chi connectivity index (χ1n) is 7.92. The van der Waals surface area contributed by atoms with Gasteiger partial charge >= 0.3 is 0 Å². The summed E-state index contributed by atoms with van der Waals surface area (Å²) in [6.45, 7) is 4.15. The number of fused-ring (bicyclic) bond motifs is 1. The number of nitrogens with zero attached hydrogens (tertiary/aromatic N) is 3. The van der Waals surface area contributed by atoms with E-state index in [0.717, 1.165) is 27.9 Å². The summed E-state index contributed by atoms with van der Waals surface area (Å²) in [5.74, 6) is -0.224. The molecule has 0 radical (unpaired) electrons. The van der Waals surface area contributed by atoms with E-state index in [-0.39, 0.29) is 11.9 Å². The second-order valence-electron chi connectivity index (χ2n) is 6.11. The van der Waals surface area contributed by atoms with E-state index in [1.807, 2.05) is 41.2 Å². The normalized spacial score (nSPS) is 11.5. The quantitative estimate of drug-likeness (QED) is 0.588. The number of aromatic nitrogens is 4. The zero-order valence-electron chi connectivity index (χ0n) is 13.5. The minimum atomic E-state index is -0.224. The predicted molar refractivity (Wildman–Crippen MR) is 93.1 cm³/mol. The predicted octanol–water partition coefficient (Wildman–Crippen LogP) is 4.81. The van der Waals surface area contributed by atoms with Crippen molar-refractivity contribution in [3.8, 4) is 22.4 Å². The molecule has 5 heteroatoms. The highest BCUT2D eigenvalue weighted by Gasteiger charge is 2.11. The minimum absolute atomic E-state index is 0.224. The Morgan fingerprint density at radius 2 is 1.88 bits per heavy atom. The Hall–Kier alpha value is -2.95. The standard InChI is InChI=1S/C19H17FN4/c1-12(2)24-19-8-7-13(9-18(19)22-23-24)17-10-14(11-21-17)15-5-3-4-6-16(15)20/h3-12,21H,1-2H3. The van der Waals surface area contributed by atoms with Crippen molar-refractivity contribution in [2.24, 2.45) is 0 Å². The summed E-state index contributed by atoms with van der Waals surface area (Å²) in [4.78, 5) is 3.22. The van der Waals surface area contributed by atoms with Gasteiger partial charge in [0.2, 0.25) is 0 Å². The molecule has 0 atom stereocenters. The SMILES string of the molecule is CC(C)n1nnc2cc(-c3cc(-c4ccccc4F)c[nH]3)ccc21. The lowest BCUT2D eigenvalue weighted by Crippen LogP contribution is -2.02. The third-order valence-corrected chi connectivity index (χ3v) is 4.14. The summed E-state index contributed by atoms with van der Waals surface area (Å²) >= 11 is 0. The third-order valence-electron chi connectivity index (χ3n) is 4.14. The van der Waals surface area contributed by atoms with Gasteiger partial charge in [-0.25, -0.2) is 9.07 Å². The molecule has 24 heavy (non-hydrogen) atoms. The summed E-state index contributed by atoms with van der Waals surface area (Å²) in [7, 11) is 0. The van der Waals surface area contributed by atoms with Crippen LogP contribution in [0, 0.1) is 5.82 Å². The van der Waals surface area contributed by atoms with Gasteiger partial charge in [0.25, 0.3) is 0 Å². The molecule has 0 aliphatic rings. The summed E-state index contributed by atoms with van der Waals surface area (Å²) in [6.07, 6.45) is 1.82. The fourth-order valence-electron chi connectivity index (χ4n) is 2.90. The van der Waals surface area contributed by atoms with Crippen LogP contribution in [0.2, 0.25) is 0 Å². The summed E-state index contributed by atoms with van der Waals surface area (Å²) in [6, 6.07) is 15.0. The molecule has 0 bridgehead atoms. The number of benzene rings is 2. The van der Waals surface area contributed by atoms with Crippen LogP contribution < -0.4 is 0 Å². The highest BCUT2D eigenvalue weighted by atomic mass is 19.1. The van der Waals surface area contributed by atoms with Crippen LogP contribution in [-0.4, -0.2) is 20.0 Å². The maximum Gasteiger partial charge on any atom is 0.131 e. The Kier molecular flexibility index (Phi) is 3.41. The first kappa shape index (κ1) is 14.6. The molecule has 2 aromatic heterocycles. The summed E-state index contributed by atoms with van der Waals surface area (Å²) < 4.78 is 15.8. The highest BCUT2D eigenvalue weighted by molar-refractivity contribution is 5.82. The summed E-state index contributed by atoms with van der Waals surface area (Å²) in [5, 5.41) is 8.45. The molecule has 0 fully saturated rings. The van der Waals surface area contributed by atoms with Gasteiger partial charge in [-0.2, -0.15) is 0 Å². The number of hydrogen-bond donors (Lipinski definition) is 1. The van der Waals surface area contributed by atoms with E-state index in [2.05, 4.69) is 29.1 Å². The lowest BCUT2D eigenvalue weighted by molar-refractivity contribution is 0.530. The van der Waals surface area contributed by atoms with Crippen LogP contribution in [-0.2, 0) is 0 Å². The van der Waals surface area contributed by atoms with Crippen molar-refractivity contribution in [2.45, 2.75) is 19.9 Å². The topological polar surface area (TPSA) is 46.5 Å². The van der Waals surface area contributed by atoms with E-state index < -0.39 is 0 Å². The molecular weight excluding hydrogens is 303 g/mol. The van der Waals surface area contributed by atoms with Crippen molar-refractivity contribution >= 4 is 11.0 Å². The number of rotatable bonds is 3. The van der Waals surface area contributed by atoms with Gasteiger partial charge in [-0.1, -0.05) is 29.5 Å². The fourth-order valence-corrected chi connectivity index (χ4v) is 2.90. The Bertz CT molecular complexity index is 1010. The van der Waals surface area contributed by atoms with Gasteiger partial charge in [0.15, 0.2) is 0 Å². The second kappa shape index (κ2) is 5.60. The van der Waals surface area contributed by atoms with Crippen LogP contribution in [0.25, 0.3) is 33.4 Å². The number of nitrogens with one attached hydrogen (secondary N) is 1. The molecule has 4 nitrogen and oxygen atoms in total. The third kappa shape index (κ3) is 2.38.